The molecule has 118 valence electrons. The first kappa shape index (κ1) is 17.3. The molecule has 20 heavy (non-hydrogen) atoms. The number of halogens is 3. The van der Waals surface area contributed by atoms with Crippen LogP contribution in [-0.2, 0) is 4.79 Å². The standard InChI is InChI=1S/C14H25F3N2O/c1-9(2)13(20)18-12-5-11(6-14(15,16)17)7-19(8-12)10(3)4/h9-12H,5-8H2,1-4H3,(H,18,20). The summed E-state index contributed by atoms with van der Waals surface area (Å²) in [4.78, 5) is 13.7. The van der Waals surface area contributed by atoms with Crippen molar-refractivity contribution >= 4 is 5.91 Å². The van der Waals surface area contributed by atoms with Gasteiger partial charge in [0.15, 0.2) is 0 Å². The zero-order valence-electron chi connectivity index (χ0n) is 12.6. The van der Waals surface area contributed by atoms with Crippen molar-refractivity contribution in [1.29, 1.82) is 0 Å². The molecule has 3 nitrogen and oxygen atoms in total. The molecule has 0 saturated carbocycles. The summed E-state index contributed by atoms with van der Waals surface area (Å²) in [7, 11) is 0. The van der Waals surface area contributed by atoms with E-state index in [0.29, 0.717) is 19.5 Å². The lowest BCUT2D eigenvalue weighted by atomic mass is 9.90. The second-order valence-electron chi connectivity index (χ2n) is 6.33. The Hall–Kier alpha value is -0.780. The molecule has 1 N–H and O–H groups in total. The minimum absolute atomic E-state index is 0.0913. The fourth-order valence-electron chi connectivity index (χ4n) is 2.61. The quantitative estimate of drug-likeness (QED) is 0.864. The van der Waals surface area contributed by atoms with E-state index in [1.807, 2.05) is 18.7 Å². The minimum Gasteiger partial charge on any atom is -0.352 e. The molecule has 0 radical (unpaired) electrons. The molecule has 1 amide bonds. The van der Waals surface area contributed by atoms with Crippen LogP contribution in [0.1, 0.15) is 40.5 Å². The number of alkyl halides is 3. The molecule has 0 aliphatic carbocycles. The number of hydrogen-bond acceptors (Lipinski definition) is 2. The van der Waals surface area contributed by atoms with Gasteiger partial charge in [0.1, 0.15) is 0 Å². The second kappa shape index (κ2) is 6.78. The molecule has 0 aromatic heterocycles. The zero-order chi connectivity index (χ0) is 15.5. The molecule has 1 aliphatic rings. The Morgan fingerprint density at radius 3 is 2.30 bits per heavy atom. The van der Waals surface area contributed by atoms with Crippen LogP contribution in [0.4, 0.5) is 13.2 Å². The van der Waals surface area contributed by atoms with Crippen LogP contribution in [0, 0.1) is 11.8 Å². The number of carbonyl (C=O) groups excluding carboxylic acids is 1. The van der Waals surface area contributed by atoms with Crippen LogP contribution in [0.3, 0.4) is 0 Å². The summed E-state index contributed by atoms with van der Waals surface area (Å²) in [6.45, 7) is 8.58. The highest BCUT2D eigenvalue weighted by Gasteiger charge is 2.37. The highest BCUT2D eigenvalue weighted by Crippen LogP contribution is 2.31. The lowest BCUT2D eigenvalue weighted by molar-refractivity contribution is -0.149. The zero-order valence-corrected chi connectivity index (χ0v) is 12.6. The molecule has 1 aliphatic heterocycles. The number of rotatable bonds is 4. The Morgan fingerprint density at radius 2 is 1.85 bits per heavy atom. The topological polar surface area (TPSA) is 32.3 Å². The number of nitrogens with one attached hydrogen (secondary N) is 1. The van der Waals surface area contributed by atoms with E-state index in [2.05, 4.69) is 5.32 Å². The average molecular weight is 294 g/mol. The van der Waals surface area contributed by atoms with Crippen molar-refractivity contribution in [2.75, 3.05) is 13.1 Å². The third-order valence-corrected chi connectivity index (χ3v) is 3.69. The highest BCUT2D eigenvalue weighted by molar-refractivity contribution is 5.78. The molecular formula is C14H25F3N2O. The number of carbonyl (C=O) groups is 1. The smallest absolute Gasteiger partial charge is 0.352 e. The summed E-state index contributed by atoms with van der Waals surface area (Å²) in [6.07, 6.45) is -4.51. The molecule has 0 spiro atoms. The molecule has 2 atom stereocenters. The first-order valence-electron chi connectivity index (χ1n) is 7.19. The van der Waals surface area contributed by atoms with Gasteiger partial charge in [-0.15, -0.1) is 0 Å². The van der Waals surface area contributed by atoms with Crippen molar-refractivity contribution < 1.29 is 18.0 Å². The monoisotopic (exact) mass is 294 g/mol. The molecule has 1 rings (SSSR count). The molecule has 0 aromatic carbocycles. The number of nitrogens with zero attached hydrogens (tertiary/aromatic N) is 1. The molecule has 6 heteroatoms. The highest BCUT2D eigenvalue weighted by atomic mass is 19.4. The van der Waals surface area contributed by atoms with Crippen molar-refractivity contribution in [1.82, 2.24) is 10.2 Å². The molecule has 1 fully saturated rings. The van der Waals surface area contributed by atoms with Gasteiger partial charge in [-0.2, -0.15) is 13.2 Å². The average Bonchev–Trinajstić information content (AvgIpc) is 2.25. The molecule has 2 unspecified atom stereocenters. The van der Waals surface area contributed by atoms with E-state index in [4.69, 9.17) is 0 Å². The van der Waals surface area contributed by atoms with Gasteiger partial charge in [-0.1, -0.05) is 13.8 Å². The maximum atomic E-state index is 12.6. The van der Waals surface area contributed by atoms with E-state index in [1.165, 1.54) is 0 Å². The second-order valence-corrected chi connectivity index (χ2v) is 6.33. The lowest BCUT2D eigenvalue weighted by Crippen LogP contribution is -2.53. The largest absolute Gasteiger partial charge is 0.389 e. The summed E-state index contributed by atoms with van der Waals surface area (Å²) >= 11 is 0. The van der Waals surface area contributed by atoms with Crippen LogP contribution in [0.25, 0.3) is 0 Å². The van der Waals surface area contributed by atoms with Gasteiger partial charge in [0.2, 0.25) is 5.91 Å². The predicted octanol–water partition coefficient (Wildman–Crippen LogP) is 2.81. The van der Waals surface area contributed by atoms with Gasteiger partial charge < -0.3 is 5.32 Å². The fourth-order valence-corrected chi connectivity index (χ4v) is 2.61. The van der Waals surface area contributed by atoms with Crippen LogP contribution < -0.4 is 5.32 Å². The Labute approximate surface area is 118 Å². The van der Waals surface area contributed by atoms with E-state index >= 15 is 0 Å². The maximum absolute atomic E-state index is 12.6. The molecule has 1 saturated heterocycles. The van der Waals surface area contributed by atoms with Crippen molar-refractivity contribution in [2.24, 2.45) is 11.8 Å². The van der Waals surface area contributed by atoms with E-state index in [-0.39, 0.29) is 23.9 Å². The van der Waals surface area contributed by atoms with E-state index in [1.54, 1.807) is 13.8 Å². The normalized spacial score (nSPS) is 25.2. The van der Waals surface area contributed by atoms with Gasteiger partial charge in [-0.3, -0.25) is 9.69 Å². The number of amides is 1. The molecule has 1 heterocycles. The Bertz CT molecular complexity index is 329. The summed E-state index contributed by atoms with van der Waals surface area (Å²) in [5.41, 5.74) is 0. The third kappa shape index (κ3) is 5.69. The van der Waals surface area contributed by atoms with Crippen molar-refractivity contribution in [3.8, 4) is 0 Å². The van der Waals surface area contributed by atoms with E-state index in [9.17, 15) is 18.0 Å². The van der Waals surface area contributed by atoms with Gasteiger partial charge in [-0.05, 0) is 26.2 Å². The Kier molecular flexibility index (Phi) is 5.86. The first-order chi connectivity index (χ1) is 9.08. The summed E-state index contributed by atoms with van der Waals surface area (Å²) < 4.78 is 37.7. The van der Waals surface area contributed by atoms with Crippen molar-refractivity contribution in [3.63, 3.8) is 0 Å². The number of piperidine rings is 1. The fraction of sp³-hybridized carbons (Fsp3) is 0.929. The van der Waals surface area contributed by atoms with Crippen molar-refractivity contribution in [3.05, 3.63) is 0 Å². The van der Waals surface area contributed by atoms with E-state index in [0.717, 1.165) is 0 Å². The van der Waals surface area contributed by atoms with E-state index < -0.39 is 18.5 Å². The van der Waals surface area contributed by atoms with Gasteiger partial charge in [0.05, 0.1) is 0 Å². The van der Waals surface area contributed by atoms with Crippen LogP contribution in [-0.4, -0.2) is 42.2 Å². The summed E-state index contributed by atoms with van der Waals surface area (Å²) in [5, 5.41) is 2.87. The van der Waals surface area contributed by atoms with Crippen molar-refractivity contribution in [2.45, 2.75) is 58.8 Å². The third-order valence-electron chi connectivity index (χ3n) is 3.69. The van der Waals surface area contributed by atoms with Crippen LogP contribution >= 0.6 is 0 Å². The SMILES string of the molecule is CC(C)C(=O)NC1CC(CC(F)(F)F)CN(C(C)C)C1. The minimum atomic E-state index is -4.14. The number of hydrogen-bond donors (Lipinski definition) is 1. The van der Waals surface area contributed by atoms with Crippen LogP contribution in [0.15, 0.2) is 0 Å². The van der Waals surface area contributed by atoms with Gasteiger partial charge in [0, 0.05) is 37.5 Å². The lowest BCUT2D eigenvalue weighted by Gasteiger charge is -2.40. The number of likely N-dealkylation sites (tertiary alicyclic amines) is 1. The predicted molar refractivity (Wildman–Crippen MR) is 72.3 cm³/mol. The van der Waals surface area contributed by atoms with Gasteiger partial charge in [0.25, 0.3) is 0 Å². The summed E-state index contributed by atoms with van der Waals surface area (Å²) in [5.74, 6) is -0.680. The van der Waals surface area contributed by atoms with Gasteiger partial charge in [-0.25, -0.2) is 0 Å². The first-order valence-corrected chi connectivity index (χ1v) is 7.19. The Morgan fingerprint density at radius 1 is 1.25 bits per heavy atom. The Balaban J connectivity index is 2.68. The summed E-state index contributed by atoms with van der Waals surface area (Å²) in [6, 6.07) is -0.00196. The molecule has 0 bridgehead atoms. The van der Waals surface area contributed by atoms with Crippen LogP contribution in [0.2, 0.25) is 0 Å². The van der Waals surface area contributed by atoms with Crippen LogP contribution in [0.5, 0.6) is 0 Å². The molecular weight excluding hydrogens is 269 g/mol. The molecule has 0 aromatic rings. The maximum Gasteiger partial charge on any atom is 0.389 e. The van der Waals surface area contributed by atoms with Gasteiger partial charge >= 0.3 is 6.18 Å².